The summed E-state index contributed by atoms with van der Waals surface area (Å²) in [7, 11) is 0. The molecule has 8 aromatic rings. The number of carbonyl (C=O) groups excluding carboxylic acids is 4. The van der Waals surface area contributed by atoms with Crippen LogP contribution in [0.1, 0.15) is 80.5 Å². The standard InChI is InChI=1S/C19H21FO3.C17H15F4NO3.C17H18FNO3.C16H15F2NO3/c1-4-22-18(21)19(2,3)15-7-11-17(12-8-15)23-13-14-5-9-16(20)10-6-14;1-2-24-16(23)22-15-8-7-13(9-14(15)17(19,20)21)25-10-11-3-5-12(18)6-4-11;1-3-21-17(20)19-16-9-8-15(10-12(16)2)22-11-13-4-6-14(18)7-5-13;1-2-21-16(20)19-15-8-7-13(9-14(15)18)22-10-11-3-5-12(17)6-4-11/h5-12H,4,13H2,1-3H3;3-9H,2,10H2,1H3,(H,22,23);4-10H,3,11H2,1-2H3,(H,19,20);3-9H,2,10H2,1H3,(H,19,20). The van der Waals surface area contributed by atoms with Gasteiger partial charge in [0, 0.05) is 11.8 Å². The summed E-state index contributed by atoms with van der Waals surface area (Å²) in [6.07, 6.45) is -6.87. The molecule has 0 aromatic heterocycles. The monoisotopic (exact) mass is 1280 g/mol. The van der Waals surface area contributed by atoms with Gasteiger partial charge < -0.3 is 37.9 Å². The van der Waals surface area contributed by atoms with Gasteiger partial charge in [-0.25, -0.2) is 36.3 Å². The number of ether oxygens (including phenoxy) is 8. The molecule has 0 unspecified atom stereocenters. The molecule has 0 aliphatic carbocycles. The first kappa shape index (κ1) is 72.4. The minimum absolute atomic E-state index is 0.00702. The molecule has 0 bridgehead atoms. The van der Waals surface area contributed by atoms with E-state index in [1.807, 2.05) is 56.4 Å². The van der Waals surface area contributed by atoms with Gasteiger partial charge in [0.15, 0.2) is 5.82 Å². The number of hydrogen-bond acceptors (Lipinski definition) is 12. The Bertz CT molecular complexity index is 3500. The van der Waals surface area contributed by atoms with Crippen LogP contribution in [0.25, 0.3) is 0 Å². The van der Waals surface area contributed by atoms with Crippen LogP contribution in [0, 0.1) is 36.0 Å². The Morgan fingerprint density at radius 2 is 0.696 bits per heavy atom. The molecule has 488 valence electrons. The van der Waals surface area contributed by atoms with E-state index in [2.05, 4.69) is 20.1 Å². The highest BCUT2D eigenvalue weighted by atomic mass is 19.4. The minimum atomic E-state index is -4.69. The van der Waals surface area contributed by atoms with Crippen molar-refractivity contribution in [2.75, 3.05) is 42.4 Å². The van der Waals surface area contributed by atoms with E-state index in [0.717, 1.165) is 46.0 Å². The average Bonchev–Trinajstić information content (AvgIpc) is 0.989. The van der Waals surface area contributed by atoms with Gasteiger partial charge in [0.1, 0.15) is 72.7 Å². The highest BCUT2D eigenvalue weighted by Crippen LogP contribution is 2.38. The number of rotatable bonds is 21. The number of aryl methyl sites for hydroxylation is 1. The molecule has 0 atom stereocenters. The normalized spacial score (nSPS) is 10.6. The lowest BCUT2D eigenvalue weighted by molar-refractivity contribution is -0.148. The zero-order valence-electron chi connectivity index (χ0n) is 51.3. The molecule has 3 N–H and O–H groups in total. The van der Waals surface area contributed by atoms with Crippen molar-refractivity contribution < 1.29 is 92.2 Å². The first-order valence-electron chi connectivity index (χ1n) is 28.6. The molecule has 92 heavy (non-hydrogen) atoms. The number of amides is 3. The average molecular weight is 1280 g/mol. The summed E-state index contributed by atoms with van der Waals surface area (Å²) < 4.78 is 146. The van der Waals surface area contributed by atoms with Gasteiger partial charge in [-0.3, -0.25) is 20.7 Å². The van der Waals surface area contributed by atoms with Crippen molar-refractivity contribution in [3.05, 3.63) is 244 Å². The highest BCUT2D eigenvalue weighted by molar-refractivity contribution is 5.87. The van der Waals surface area contributed by atoms with Crippen LogP contribution in [-0.4, -0.2) is 50.7 Å². The van der Waals surface area contributed by atoms with E-state index in [-0.39, 0.29) is 61.3 Å². The summed E-state index contributed by atoms with van der Waals surface area (Å²) in [6, 6.07) is 43.5. The SMILES string of the molecule is CCOC(=O)C(C)(C)c1ccc(OCc2ccc(F)cc2)cc1.CCOC(=O)Nc1ccc(OCc2ccc(F)cc2)cc1C.CCOC(=O)Nc1ccc(OCc2ccc(F)cc2)cc1C(F)(F)F.CCOC(=O)Nc1ccc(OCc2ccc(F)cc2)cc1F. The summed E-state index contributed by atoms with van der Waals surface area (Å²) in [4.78, 5) is 46.0. The van der Waals surface area contributed by atoms with Crippen LogP contribution >= 0.6 is 0 Å². The Kier molecular flexibility index (Phi) is 28.6. The van der Waals surface area contributed by atoms with Crippen LogP contribution in [-0.2, 0) is 61.8 Å². The number of hydrogen-bond donors (Lipinski definition) is 3. The minimum Gasteiger partial charge on any atom is -0.489 e. The summed E-state index contributed by atoms with van der Waals surface area (Å²) in [5.41, 5.74) is 3.35. The number of carbonyl (C=O) groups is 4. The maximum absolute atomic E-state index is 13.8. The van der Waals surface area contributed by atoms with E-state index in [9.17, 15) is 54.3 Å². The predicted molar refractivity (Wildman–Crippen MR) is 330 cm³/mol. The van der Waals surface area contributed by atoms with Crippen molar-refractivity contribution in [1.29, 1.82) is 0 Å². The maximum atomic E-state index is 13.8. The van der Waals surface area contributed by atoms with Gasteiger partial charge in [-0.2, -0.15) is 13.2 Å². The Hall–Kier alpha value is -10.3. The molecule has 3 amide bonds. The van der Waals surface area contributed by atoms with Crippen molar-refractivity contribution in [2.24, 2.45) is 0 Å². The Balaban J connectivity index is 0.000000223. The third kappa shape index (κ3) is 24.9. The Labute approximate surface area is 527 Å². The number of benzene rings is 8. The Morgan fingerprint density at radius 3 is 1.05 bits per heavy atom. The molecular weight excluding hydrogens is 1210 g/mol. The van der Waals surface area contributed by atoms with Gasteiger partial charge in [-0.05, 0) is 191 Å². The van der Waals surface area contributed by atoms with Crippen molar-refractivity contribution in [1.82, 2.24) is 0 Å². The maximum Gasteiger partial charge on any atom is 0.418 e. The molecule has 0 fully saturated rings. The van der Waals surface area contributed by atoms with Crippen LogP contribution in [0.4, 0.5) is 66.6 Å². The molecule has 0 saturated carbocycles. The van der Waals surface area contributed by atoms with Crippen LogP contribution in [0.5, 0.6) is 23.0 Å². The fourth-order valence-corrected chi connectivity index (χ4v) is 7.73. The third-order valence-corrected chi connectivity index (χ3v) is 12.6. The molecule has 15 nitrogen and oxygen atoms in total. The number of halogens is 8. The molecule has 0 radical (unpaired) electrons. The number of nitrogens with one attached hydrogen (secondary N) is 3. The molecular formula is C69H69F8N3O12. The fourth-order valence-electron chi connectivity index (χ4n) is 7.73. The second-order valence-corrected chi connectivity index (χ2v) is 19.9. The topological polar surface area (TPSA) is 178 Å². The van der Waals surface area contributed by atoms with Gasteiger partial charge >= 0.3 is 30.4 Å². The lowest BCUT2D eigenvalue weighted by Gasteiger charge is -2.23. The lowest BCUT2D eigenvalue weighted by atomic mass is 9.85. The van der Waals surface area contributed by atoms with E-state index in [1.54, 1.807) is 69.3 Å². The third-order valence-electron chi connectivity index (χ3n) is 12.6. The molecule has 0 aliphatic heterocycles. The largest absolute Gasteiger partial charge is 0.489 e. The summed E-state index contributed by atoms with van der Waals surface area (Å²) in [5, 5.41) is 6.99. The zero-order chi connectivity index (χ0) is 67.2. The fraction of sp³-hybridized carbons (Fsp3) is 0.246. The van der Waals surface area contributed by atoms with Crippen LogP contribution < -0.4 is 34.9 Å². The molecule has 23 heteroatoms. The van der Waals surface area contributed by atoms with Crippen LogP contribution in [0.15, 0.2) is 176 Å². The van der Waals surface area contributed by atoms with Gasteiger partial charge in [-0.15, -0.1) is 0 Å². The smallest absolute Gasteiger partial charge is 0.418 e. The molecule has 8 aromatic carbocycles. The van der Waals surface area contributed by atoms with Gasteiger partial charge in [-0.1, -0.05) is 60.7 Å². The number of anilines is 3. The zero-order valence-corrected chi connectivity index (χ0v) is 51.3. The first-order valence-corrected chi connectivity index (χ1v) is 28.6. The van der Waals surface area contributed by atoms with E-state index in [1.165, 1.54) is 85.8 Å². The van der Waals surface area contributed by atoms with Gasteiger partial charge in [0.05, 0.1) is 48.8 Å². The van der Waals surface area contributed by atoms with E-state index < -0.39 is 52.8 Å². The van der Waals surface area contributed by atoms with E-state index in [4.69, 9.17) is 28.4 Å². The van der Waals surface area contributed by atoms with Gasteiger partial charge in [0.25, 0.3) is 0 Å². The summed E-state index contributed by atoms with van der Waals surface area (Å²) >= 11 is 0. The summed E-state index contributed by atoms with van der Waals surface area (Å²) in [5.74, 6) is -0.532. The number of esters is 1. The molecule has 0 saturated heterocycles. The molecule has 8 rings (SSSR count). The predicted octanol–water partition coefficient (Wildman–Crippen LogP) is 17.6. The second kappa shape index (κ2) is 36.4. The first-order chi connectivity index (χ1) is 43.9. The van der Waals surface area contributed by atoms with Crippen LogP contribution in [0.2, 0.25) is 0 Å². The quantitative estimate of drug-likeness (QED) is 0.0353. The van der Waals surface area contributed by atoms with Crippen molar-refractivity contribution >= 4 is 41.3 Å². The second-order valence-electron chi connectivity index (χ2n) is 19.9. The lowest BCUT2D eigenvalue weighted by Crippen LogP contribution is -2.31. The van der Waals surface area contributed by atoms with Crippen molar-refractivity contribution in [3.63, 3.8) is 0 Å². The highest BCUT2D eigenvalue weighted by Gasteiger charge is 2.35. The van der Waals surface area contributed by atoms with Crippen LogP contribution in [0.3, 0.4) is 0 Å². The van der Waals surface area contributed by atoms with Gasteiger partial charge in [0.2, 0.25) is 0 Å². The Morgan fingerprint density at radius 1 is 0.380 bits per heavy atom. The van der Waals surface area contributed by atoms with Crippen molar-refractivity contribution in [3.8, 4) is 23.0 Å². The molecule has 0 heterocycles. The molecule has 0 aliphatic rings. The van der Waals surface area contributed by atoms with E-state index >= 15 is 0 Å². The molecule has 0 spiro atoms. The summed E-state index contributed by atoms with van der Waals surface area (Å²) in [6.45, 7) is 14.1. The van der Waals surface area contributed by atoms with E-state index in [0.29, 0.717) is 54.9 Å². The van der Waals surface area contributed by atoms with Crippen molar-refractivity contribution in [2.45, 2.75) is 86.5 Å². The number of alkyl halides is 3.